The van der Waals surface area contributed by atoms with Gasteiger partial charge in [0.25, 0.3) is 0 Å². The van der Waals surface area contributed by atoms with Gasteiger partial charge in [0.15, 0.2) is 0 Å². The minimum absolute atomic E-state index is 0.117. The lowest BCUT2D eigenvalue weighted by Crippen LogP contribution is -2.36. The van der Waals surface area contributed by atoms with Gasteiger partial charge in [0.2, 0.25) is 5.91 Å². The van der Waals surface area contributed by atoms with Gasteiger partial charge >= 0.3 is 5.97 Å². The molecule has 1 aliphatic rings. The number of amides is 1. The normalized spacial score (nSPS) is 21.5. The van der Waals surface area contributed by atoms with E-state index in [1.54, 1.807) is 0 Å². The molecule has 1 aromatic carbocycles. The maximum atomic E-state index is 12.6. The minimum atomic E-state index is -0.404. The van der Waals surface area contributed by atoms with Gasteiger partial charge in [-0.1, -0.05) is 31.2 Å². The topological polar surface area (TPSA) is 55.4 Å². The summed E-state index contributed by atoms with van der Waals surface area (Å²) in [6, 6.07) is 7.66. The Balaban J connectivity index is 2.07. The highest BCUT2D eigenvalue weighted by atomic mass is 16.5. The molecule has 0 saturated heterocycles. The van der Waals surface area contributed by atoms with Crippen molar-refractivity contribution in [2.75, 3.05) is 5.32 Å². The second kappa shape index (κ2) is 7.95. The van der Waals surface area contributed by atoms with Crippen LogP contribution in [-0.4, -0.2) is 18.0 Å². The number of nitrogens with one attached hydrogen (secondary N) is 1. The van der Waals surface area contributed by atoms with Crippen LogP contribution in [0.2, 0.25) is 0 Å². The van der Waals surface area contributed by atoms with Crippen LogP contribution in [0.15, 0.2) is 36.4 Å². The Morgan fingerprint density at radius 2 is 1.96 bits per heavy atom. The SMILES string of the molecule is CC[C@H](C)OC(=O)[C@H]1CC=CC[C@@H]1C(=O)Nc1cccc(C)c1. The van der Waals surface area contributed by atoms with E-state index in [0.29, 0.717) is 12.8 Å². The molecule has 0 fully saturated rings. The van der Waals surface area contributed by atoms with Crippen LogP contribution in [-0.2, 0) is 14.3 Å². The second-order valence-corrected chi connectivity index (χ2v) is 6.17. The lowest BCUT2D eigenvalue weighted by Gasteiger charge is -2.27. The van der Waals surface area contributed by atoms with Crippen LogP contribution in [0.25, 0.3) is 0 Å². The molecule has 2 rings (SSSR count). The van der Waals surface area contributed by atoms with Crippen LogP contribution in [0.5, 0.6) is 0 Å². The summed E-state index contributed by atoms with van der Waals surface area (Å²) in [4.78, 5) is 24.9. The van der Waals surface area contributed by atoms with Gasteiger partial charge < -0.3 is 10.1 Å². The summed E-state index contributed by atoms with van der Waals surface area (Å²) < 4.78 is 5.44. The lowest BCUT2D eigenvalue weighted by atomic mass is 9.82. The molecular weight excluding hydrogens is 290 g/mol. The Kier molecular flexibility index (Phi) is 5.97. The fourth-order valence-electron chi connectivity index (χ4n) is 2.69. The first-order valence-electron chi connectivity index (χ1n) is 8.24. The molecule has 0 radical (unpaired) electrons. The zero-order valence-electron chi connectivity index (χ0n) is 14.0. The Bertz CT molecular complexity index is 594. The van der Waals surface area contributed by atoms with Crippen molar-refractivity contribution in [1.29, 1.82) is 0 Å². The number of esters is 1. The van der Waals surface area contributed by atoms with E-state index in [1.165, 1.54) is 0 Å². The number of ether oxygens (including phenoxy) is 1. The minimum Gasteiger partial charge on any atom is -0.462 e. The highest BCUT2D eigenvalue weighted by molar-refractivity contribution is 5.95. The number of rotatable bonds is 5. The summed E-state index contributed by atoms with van der Waals surface area (Å²) in [6.45, 7) is 5.82. The van der Waals surface area contributed by atoms with Crippen molar-refractivity contribution in [3.05, 3.63) is 42.0 Å². The molecule has 0 unspecified atom stereocenters. The van der Waals surface area contributed by atoms with Gasteiger partial charge in [0.05, 0.1) is 17.9 Å². The smallest absolute Gasteiger partial charge is 0.310 e. The zero-order valence-corrected chi connectivity index (χ0v) is 14.0. The highest BCUT2D eigenvalue weighted by Crippen LogP contribution is 2.28. The third-order valence-electron chi connectivity index (χ3n) is 4.25. The zero-order chi connectivity index (χ0) is 16.8. The van der Waals surface area contributed by atoms with Gasteiger partial charge in [-0.15, -0.1) is 0 Å². The van der Waals surface area contributed by atoms with E-state index in [9.17, 15) is 9.59 Å². The first-order valence-corrected chi connectivity index (χ1v) is 8.24. The largest absolute Gasteiger partial charge is 0.462 e. The number of hydrogen-bond donors (Lipinski definition) is 1. The van der Waals surface area contributed by atoms with Crippen LogP contribution >= 0.6 is 0 Å². The number of carbonyl (C=O) groups is 2. The van der Waals surface area contributed by atoms with E-state index >= 15 is 0 Å². The molecule has 0 heterocycles. The molecule has 0 bridgehead atoms. The Hall–Kier alpha value is -2.10. The molecule has 1 N–H and O–H groups in total. The third kappa shape index (κ3) is 4.68. The molecule has 3 atom stereocenters. The third-order valence-corrected chi connectivity index (χ3v) is 4.25. The van der Waals surface area contributed by atoms with E-state index in [-0.39, 0.29) is 23.9 Å². The number of carbonyl (C=O) groups excluding carboxylic acids is 2. The van der Waals surface area contributed by atoms with Gasteiger partial charge in [-0.05, 0) is 50.8 Å². The quantitative estimate of drug-likeness (QED) is 0.663. The van der Waals surface area contributed by atoms with Gasteiger partial charge in [-0.2, -0.15) is 0 Å². The molecule has 1 aromatic rings. The number of allylic oxidation sites excluding steroid dienone is 2. The van der Waals surface area contributed by atoms with Crippen LogP contribution in [0.1, 0.15) is 38.7 Å². The maximum absolute atomic E-state index is 12.6. The van der Waals surface area contributed by atoms with Crippen LogP contribution in [0.4, 0.5) is 5.69 Å². The van der Waals surface area contributed by atoms with E-state index in [0.717, 1.165) is 17.7 Å². The first-order chi connectivity index (χ1) is 11.0. The lowest BCUT2D eigenvalue weighted by molar-refractivity contribution is -0.157. The predicted octanol–water partition coefficient (Wildman–Crippen LogP) is 3.86. The molecule has 4 nitrogen and oxygen atoms in total. The van der Waals surface area contributed by atoms with Gasteiger partial charge in [0.1, 0.15) is 0 Å². The Morgan fingerprint density at radius 1 is 1.26 bits per heavy atom. The molecule has 0 aromatic heterocycles. The van der Waals surface area contributed by atoms with Crippen molar-refractivity contribution in [2.45, 2.75) is 46.1 Å². The van der Waals surface area contributed by atoms with Crippen molar-refractivity contribution in [3.8, 4) is 0 Å². The molecule has 4 heteroatoms. The average Bonchev–Trinajstić information content (AvgIpc) is 2.54. The standard InChI is InChI=1S/C19H25NO3/c1-4-14(3)23-19(22)17-11-6-5-10-16(17)18(21)20-15-9-7-8-13(2)12-15/h5-9,12,14,16-17H,4,10-11H2,1-3H3,(H,20,21)/t14-,16-,17-/m0/s1. The summed E-state index contributed by atoms with van der Waals surface area (Å²) in [6.07, 6.45) is 5.70. The van der Waals surface area contributed by atoms with Crippen LogP contribution in [0, 0.1) is 18.8 Å². The van der Waals surface area contributed by atoms with Gasteiger partial charge in [-0.3, -0.25) is 9.59 Å². The monoisotopic (exact) mass is 315 g/mol. The summed E-state index contributed by atoms with van der Waals surface area (Å²) in [5.74, 6) is -1.17. The fraction of sp³-hybridized carbons (Fsp3) is 0.474. The van der Waals surface area contributed by atoms with Crippen molar-refractivity contribution < 1.29 is 14.3 Å². The molecule has 23 heavy (non-hydrogen) atoms. The molecule has 0 aliphatic heterocycles. The van der Waals surface area contributed by atoms with Crippen LogP contribution < -0.4 is 5.32 Å². The Labute approximate surface area is 137 Å². The number of hydrogen-bond acceptors (Lipinski definition) is 3. The predicted molar refractivity (Wildman–Crippen MR) is 91.0 cm³/mol. The summed E-state index contributed by atoms with van der Waals surface area (Å²) in [5, 5.41) is 2.92. The maximum Gasteiger partial charge on any atom is 0.310 e. The van der Waals surface area contributed by atoms with E-state index < -0.39 is 5.92 Å². The Morgan fingerprint density at radius 3 is 2.61 bits per heavy atom. The number of anilines is 1. The average molecular weight is 315 g/mol. The summed E-state index contributed by atoms with van der Waals surface area (Å²) in [5.41, 5.74) is 1.85. The molecule has 0 saturated carbocycles. The van der Waals surface area contributed by atoms with E-state index in [4.69, 9.17) is 4.74 Å². The van der Waals surface area contributed by atoms with Gasteiger partial charge in [0, 0.05) is 5.69 Å². The summed E-state index contributed by atoms with van der Waals surface area (Å²) >= 11 is 0. The fourth-order valence-corrected chi connectivity index (χ4v) is 2.69. The van der Waals surface area contributed by atoms with E-state index in [1.807, 2.05) is 57.2 Å². The van der Waals surface area contributed by atoms with Crippen LogP contribution in [0.3, 0.4) is 0 Å². The van der Waals surface area contributed by atoms with Crippen molar-refractivity contribution >= 4 is 17.6 Å². The van der Waals surface area contributed by atoms with Crippen molar-refractivity contribution in [2.24, 2.45) is 11.8 Å². The van der Waals surface area contributed by atoms with Gasteiger partial charge in [-0.25, -0.2) is 0 Å². The summed E-state index contributed by atoms with van der Waals surface area (Å²) in [7, 11) is 0. The molecule has 1 aliphatic carbocycles. The van der Waals surface area contributed by atoms with E-state index in [2.05, 4.69) is 5.32 Å². The second-order valence-electron chi connectivity index (χ2n) is 6.17. The highest BCUT2D eigenvalue weighted by Gasteiger charge is 2.35. The number of aryl methyl sites for hydroxylation is 1. The van der Waals surface area contributed by atoms with Crippen molar-refractivity contribution in [3.63, 3.8) is 0 Å². The number of benzene rings is 1. The van der Waals surface area contributed by atoms with Crippen molar-refractivity contribution in [1.82, 2.24) is 0 Å². The molecule has 0 spiro atoms. The molecular formula is C19H25NO3. The first kappa shape index (κ1) is 17.3. The molecule has 1 amide bonds. The molecule has 124 valence electrons.